The maximum absolute atomic E-state index is 12.6. The maximum Gasteiger partial charge on any atom is 0.327 e. The number of amides is 4. The van der Waals surface area contributed by atoms with Crippen LogP contribution in [-0.4, -0.2) is 71.4 Å². The van der Waals surface area contributed by atoms with E-state index >= 15 is 0 Å². The van der Waals surface area contributed by atoms with Gasteiger partial charge < -0.3 is 14.5 Å². The Balaban J connectivity index is 1.75. The zero-order valence-electron chi connectivity index (χ0n) is 14.1. The standard InChI is InChI=1S/C17H21N3O4/c1-11(2)20-16(22)14-10-18(8-9-19(14)17(20)23)15(21)12-4-6-13(24-3)7-5-12/h4-7,11,14H,8-10H2,1-3H3/t14-/m1/s1. The smallest absolute Gasteiger partial charge is 0.327 e. The summed E-state index contributed by atoms with van der Waals surface area (Å²) < 4.78 is 5.09. The Morgan fingerprint density at radius 3 is 2.42 bits per heavy atom. The molecule has 7 heteroatoms. The summed E-state index contributed by atoms with van der Waals surface area (Å²) >= 11 is 0. The molecule has 2 saturated heterocycles. The highest BCUT2D eigenvalue weighted by Crippen LogP contribution is 2.25. The summed E-state index contributed by atoms with van der Waals surface area (Å²) in [4.78, 5) is 41.9. The number of hydrogen-bond donors (Lipinski definition) is 0. The Morgan fingerprint density at radius 2 is 1.83 bits per heavy atom. The van der Waals surface area contributed by atoms with Crippen LogP contribution in [0.25, 0.3) is 0 Å². The minimum Gasteiger partial charge on any atom is -0.497 e. The predicted molar refractivity (Wildman–Crippen MR) is 86.8 cm³/mol. The second-order valence-electron chi connectivity index (χ2n) is 6.27. The molecule has 2 heterocycles. The van der Waals surface area contributed by atoms with Gasteiger partial charge in [0.1, 0.15) is 11.8 Å². The first-order valence-electron chi connectivity index (χ1n) is 8.01. The number of urea groups is 1. The van der Waals surface area contributed by atoms with Crippen molar-refractivity contribution in [1.29, 1.82) is 0 Å². The van der Waals surface area contributed by atoms with Crippen LogP contribution in [0, 0.1) is 0 Å². The van der Waals surface area contributed by atoms with Gasteiger partial charge in [0.05, 0.1) is 13.7 Å². The van der Waals surface area contributed by atoms with E-state index < -0.39 is 6.04 Å². The van der Waals surface area contributed by atoms with Gasteiger partial charge in [-0.05, 0) is 38.1 Å². The molecule has 1 aromatic carbocycles. The molecule has 24 heavy (non-hydrogen) atoms. The minimum atomic E-state index is -0.573. The zero-order chi connectivity index (χ0) is 17.4. The number of nitrogens with zero attached hydrogens (tertiary/aromatic N) is 3. The topological polar surface area (TPSA) is 70.2 Å². The molecule has 2 fully saturated rings. The molecular weight excluding hydrogens is 310 g/mol. The van der Waals surface area contributed by atoms with Gasteiger partial charge in [-0.25, -0.2) is 4.79 Å². The molecule has 1 aromatic rings. The number of carbonyl (C=O) groups is 3. The van der Waals surface area contributed by atoms with Crippen LogP contribution in [0.1, 0.15) is 24.2 Å². The van der Waals surface area contributed by atoms with Crippen molar-refractivity contribution < 1.29 is 19.1 Å². The van der Waals surface area contributed by atoms with Crippen molar-refractivity contribution >= 4 is 17.8 Å². The van der Waals surface area contributed by atoms with Crippen molar-refractivity contribution in [2.75, 3.05) is 26.7 Å². The predicted octanol–water partition coefficient (Wildman–Crippen LogP) is 1.19. The van der Waals surface area contributed by atoms with Gasteiger partial charge in [-0.15, -0.1) is 0 Å². The number of carbonyl (C=O) groups excluding carboxylic acids is 3. The van der Waals surface area contributed by atoms with E-state index in [1.807, 2.05) is 13.8 Å². The van der Waals surface area contributed by atoms with Gasteiger partial charge in [-0.2, -0.15) is 0 Å². The first-order valence-corrected chi connectivity index (χ1v) is 8.01. The largest absolute Gasteiger partial charge is 0.497 e. The average Bonchev–Trinajstić information content (AvgIpc) is 2.85. The number of ether oxygens (including phenoxy) is 1. The lowest BCUT2D eigenvalue weighted by Crippen LogP contribution is -2.54. The fourth-order valence-electron chi connectivity index (χ4n) is 3.19. The second-order valence-corrected chi connectivity index (χ2v) is 6.27. The number of imide groups is 1. The molecule has 0 N–H and O–H groups in total. The van der Waals surface area contributed by atoms with E-state index in [4.69, 9.17) is 4.74 Å². The molecule has 0 radical (unpaired) electrons. The normalized spacial score (nSPS) is 20.7. The number of methoxy groups -OCH3 is 1. The molecule has 0 spiro atoms. The molecule has 0 aromatic heterocycles. The van der Waals surface area contributed by atoms with Crippen molar-refractivity contribution in [2.24, 2.45) is 0 Å². The van der Waals surface area contributed by atoms with Crippen molar-refractivity contribution in [3.05, 3.63) is 29.8 Å². The van der Waals surface area contributed by atoms with Gasteiger partial charge in [0.15, 0.2) is 0 Å². The van der Waals surface area contributed by atoms with E-state index in [1.54, 1.807) is 41.2 Å². The molecule has 3 rings (SSSR count). The highest BCUT2D eigenvalue weighted by Gasteiger charge is 2.49. The zero-order valence-corrected chi connectivity index (χ0v) is 14.1. The fourth-order valence-corrected chi connectivity index (χ4v) is 3.19. The van der Waals surface area contributed by atoms with Crippen molar-refractivity contribution in [1.82, 2.24) is 14.7 Å². The van der Waals surface area contributed by atoms with Crippen LogP contribution >= 0.6 is 0 Å². The molecule has 0 unspecified atom stereocenters. The third kappa shape index (κ3) is 2.60. The molecule has 0 saturated carbocycles. The van der Waals surface area contributed by atoms with Gasteiger partial charge in [0.25, 0.3) is 11.8 Å². The lowest BCUT2D eigenvalue weighted by atomic mass is 10.1. The Hall–Kier alpha value is -2.57. The van der Waals surface area contributed by atoms with Crippen molar-refractivity contribution in [2.45, 2.75) is 25.9 Å². The maximum atomic E-state index is 12.6. The number of rotatable bonds is 3. The lowest BCUT2D eigenvalue weighted by Gasteiger charge is -2.35. The SMILES string of the molecule is COc1ccc(C(=O)N2CCN3C(=O)N(C(C)C)C(=O)[C@H]3C2)cc1. The summed E-state index contributed by atoms with van der Waals surface area (Å²) in [5.74, 6) is 0.322. The van der Waals surface area contributed by atoms with E-state index in [0.29, 0.717) is 24.4 Å². The molecule has 4 amide bonds. The first kappa shape index (κ1) is 16.3. The molecule has 128 valence electrons. The van der Waals surface area contributed by atoms with Crippen LogP contribution in [0.15, 0.2) is 24.3 Å². The number of benzene rings is 1. The Labute approximate surface area is 140 Å². The van der Waals surface area contributed by atoms with Gasteiger partial charge in [-0.1, -0.05) is 0 Å². The summed E-state index contributed by atoms with van der Waals surface area (Å²) in [5.41, 5.74) is 0.543. The van der Waals surface area contributed by atoms with Crippen LogP contribution in [-0.2, 0) is 4.79 Å². The van der Waals surface area contributed by atoms with Crippen LogP contribution < -0.4 is 4.74 Å². The quantitative estimate of drug-likeness (QED) is 0.780. The Morgan fingerprint density at radius 1 is 1.17 bits per heavy atom. The van der Waals surface area contributed by atoms with E-state index in [9.17, 15) is 14.4 Å². The molecule has 7 nitrogen and oxygen atoms in total. The summed E-state index contributed by atoms with van der Waals surface area (Å²) in [7, 11) is 1.57. The van der Waals surface area contributed by atoms with Gasteiger partial charge >= 0.3 is 6.03 Å². The van der Waals surface area contributed by atoms with Crippen molar-refractivity contribution in [3.63, 3.8) is 0 Å². The van der Waals surface area contributed by atoms with E-state index in [-0.39, 0.29) is 30.4 Å². The molecule has 2 aliphatic rings. The first-order chi connectivity index (χ1) is 11.4. The van der Waals surface area contributed by atoms with E-state index in [0.717, 1.165) is 0 Å². The Bertz CT molecular complexity index is 671. The summed E-state index contributed by atoms with van der Waals surface area (Å²) in [6.45, 7) is 4.66. The average molecular weight is 331 g/mol. The van der Waals surface area contributed by atoms with E-state index in [1.165, 1.54) is 4.90 Å². The van der Waals surface area contributed by atoms with Crippen LogP contribution in [0.2, 0.25) is 0 Å². The third-order valence-corrected chi connectivity index (χ3v) is 4.50. The molecule has 0 bridgehead atoms. The number of piperazine rings is 1. The second kappa shape index (κ2) is 6.14. The van der Waals surface area contributed by atoms with Crippen LogP contribution in [0.4, 0.5) is 4.79 Å². The van der Waals surface area contributed by atoms with Crippen molar-refractivity contribution in [3.8, 4) is 5.75 Å². The lowest BCUT2D eigenvalue weighted by molar-refractivity contribution is -0.130. The summed E-state index contributed by atoms with van der Waals surface area (Å²) in [5, 5.41) is 0. The Kier molecular flexibility index (Phi) is 4.17. The summed E-state index contributed by atoms with van der Waals surface area (Å²) in [6, 6.07) is 5.86. The molecule has 2 aliphatic heterocycles. The highest BCUT2D eigenvalue weighted by molar-refractivity contribution is 6.05. The molecule has 0 aliphatic carbocycles. The minimum absolute atomic E-state index is 0.138. The highest BCUT2D eigenvalue weighted by atomic mass is 16.5. The van der Waals surface area contributed by atoms with Gasteiger partial charge in [0.2, 0.25) is 0 Å². The van der Waals surface area contributed by atoms with E-state index in [2.05, 4.69) is 0 Å². The van der Waals surface area contributed by atoms with Gasteiger partial charge in [0, 0.05) is 24.7 Å². The third-order valence-electron chi connectivity index (χ3n) is 4.50. The molecular formula is C17H21N3O4. The monoisotopic (exact) mass is 331 g/mol. The summed E-state index contributed by atoms with van der Waals surface area (Å²) in [6.07, 6.45) is 0. The van der Waals surface area contributed by atoms with Gasteiger partial charge in [-0.3, -0.25) is 14.5 Å². The van der Waals surface area contributed by atoms with Crippen LogP contribution in [0.3, 0.4) is 0 Å². The van der Waals surface area contributed by atoms with Crippen LogP contribution in [0.5, 0.6) is 5.75 Å². The molecule has 1 atom stereocenters. The number of hydrogen-bond acceptors (Lipinski definition) is 4. The number of fused-ring (bicyclic) bond motifs is 1. The fraction of sp³-hybridized carbons (Fsp3) is 0.471.